The van der Waals surface area contributed by atoms with Crippen molar-refractivity contribution in [3.05, 3.63) is 59.4 Å². The predicted molar refractivity (Wildman–Crippen MR) is 121 cm³/mol. The number of fused-ring (bicyclic) bond motifs is 1. The smallest absolute Gasteiger partial charge is 0.391 e. The van der Waals surface area contributed by atoms with Crippen LogP contribution in [0.25, 0.3) is 0 Å². The fraction of sp³-hybridized carbons (Fsp3) is 0.458. The molecular weight excluding hydrogens is 545 g/mol. The fourth-order valence-corrected chi connectivity index (χ4v) is 6.65. The van der Waals surface area contributed by atoms with Crippen molar-refractivity contribution in [2.24, 2.45) is 0 Å². The number of β-amino-alcohol motifs (C(OH)–C–C–N with tert-alkyl or cyclic N) is 1. The summed E-state index contributed by atoms with van der Waals surface area (Å²) < 4.78 is 121. The van der Waals surface area contributed by atoms with E-state index in [0.29, 0.717) is 18.6 Å². The van der Waals surface area contributed by atoms with E-state index < -0.39 is 57.7 Å². The Hall–Kier alpha value is -2.87. The van der Waals surface area contributed by atoms with Gasteiger partial charge in [0.05, 0.1) is 22.7 Å². The van der Waals surface area contributed by atoms with Gasteiger partial charge in [-0.25, -0.2) is 12.8 Å². The van der Waals surface area contributed by atoms with E-state index in [9.17, 15) is 49.1 Å². The second-order valence-electron chi connectivity index (χ2n) is 9.34. The van der Waals surface area contributed by atoms with Crippen LogP contribution in [0.2, 0.25) is 0 Å². The van der Waals surface area contributed by atoms with E-state index >= 15 is 0 Å². The zero-order chi connectivity index (χ0) is 28.0. The molecule has 1 fully saturated rings. The molecule has 2 aromatic rings. The molecule has 0 radical (unpaired) electrons. The Bertz CT molecular complexity index is 1280. The lowest BCUT2D eigenvalue weighted by atomic mass is 9.90. The topological polar surface area (TPSA) is 77.9 Å². The minimum absolute atomic E-state index is 0.0620. The summed E-state index contributed by atoms with van der Waals surface area (Å²) in [6, 6.07) is 4.88. The standard InChI is InChI=1S/C24H23F7N2O4S/c25-16-3-6-19(7-4-16)38(36,37)33-17(12-21(35)32-10-9-18(34)13-32)5-1-14-11-15(2-8-20(14)33)22(23(26,27)28)24(29,30)31/h2-4,6-8,11,17-18,22,34H,1,5,9-10,12-13H2. The number of amides is 1. The molecule has 1 saturated heterocycles. The van der Waals surface area contributed by atoms with Crippen LogP contribution in [0, 0.1) is 5.82 Å². The Morgan fingerprint density at radius 2 is 1.63 bits per heavy atom. The van der Waals surface area contributed by atoms with Crippen molar-refractivity contribution in [1.29, 1.82) is 0 Å². The summed E-state index contributed by atoms with van der Waals surface area (Å²) in [6.07, 6.45) is -12.1. The number of aliphatic hydroxyl groups is 1. The maximum absolute atomic E-state index is 13.6. The van der Waals surface area contributed by atoms with Crippen molar-refractivity contribution in [2.75, 3.05) is 17.4 Å². The Labute approximate surface area is 213 Å². The highest BCUT2D eigenvalue weighted by molar-refractivity contribution is 7.92. The van der Waals surface area contributed by atoms with Gasteiger partial charge in [0.25, 0.3) is 10.0 Å². The summed E-state index contributed by atoms with van der Waals surface area (Å²) in [5.74, 6) is -4.94. The van der Waals surface area contributed by atoms with Crippen LogP contribution in [-0.2, 0) is 21.2 Å². The third-order valence-corrected chi connectivity index (χ3v) is 8.58. The largest absolute Gasteiger partial charge is 0.404 e. The lowest BCUT2D eigenvalue weighted by Gasteiger charge is -2.38. The second kappa shape index (κ2) is 10.0. The monoisotopic (exact) mass is 568 g/mol. The molecule has 0 spiro atoms. The van der Waals surface area contributed by atoms with Crippen LogP contribution in [0.3, 0.4) is 0 Å². The van der Waals surface area contributed by atoms with Gasteiger partial charge in [0.15, 0.2) is 5.92 Å². The normalized spacial score (nSPS) is 20.7. The van der Waals surface area contributed by atoms with E-state index in [1.807, 2.05) is 0 Å². The number of aliphatic hydroxyl groups excluding tert-OH is 1. The number of likely N-dealkylation sites (tertiary alicyclic amines) is 1. The highest BCUT2D eigenvalue weighted by Gasteiger charge is 2.57. The molecule has 208 valence electrons. The molecule has 4 rings (SSSR count). The first-order chi connectivity index (χ1) is 17.6. The molecule has 6 nitrogen and oxygen atoms in total. The molecule has 0 aliphatic carbocycles. The number of halogens is 7. The third kappa shape index (κ3) is 5.60. The number of alkyl halides is 6. The summed E-state index contributed by atoms with van der Waals surface area (Å²) >= 11 is 0. The highest BCUT2D eigenvalue weighted by Crippen LogP contribution is 2.48. The first-order valence-electron chi connectivity index (χ1n) is 11.6. The van der Waals surface area contributed by atoms with Crippen molar-refractivity contribution < 1.29 is 49.1 Å². The van der Waals surface area contributed by atoms with Gasteiger partial charge >= 0.3 is 12.4 Å². The van der Waals surface area contributed by atoms with Crippen molar-refractivity contribution in [3.63, 3.8) is 0 Å². The van der Waals surface area contributed by atoms with Crippen LogP contribution < -0.4 is 4.31 Å². The van der Waals surface area contributed by atoms with Crippen LogP contribution in [0.5, 0.6) is 0 Å². The average molecular weight is 569 g/mol. The Morgan fingerprint density at radius 3 is 2.18 bits per heavy atom. The molecule has 1 amide bonds. The number of anilines is 1. The zero-order valence-electron chi connectivity index (χ0n) is 19.6. The molecular formula is C24H23F7N2O4S. The fourth-order valence-electron chi connectivity index (χ4n) is 4.93. The summed E-state index contributed by atoms with van der Waals surface area (Å²) in [4.78, 5) is 13.9. The van der Waals surface area contributed by atoms with Gasteiger partial charge in [0, 0.05) is 19.5 Å². The van der Waals surface area contributed by atoms with Crippen LogP contribution in [-0.4, -0.2) is 61.9 Å². The van der Waals surface area contributed by atoms with Crippen molar-refractivity contribution in [3.8, 4) is 0 Å². The van der Waals surface area contributed by atoms with Gasteiger partial charge in [-0.15, -0.1) is 0 Å². The zero-order valence-corrected chi connectivity index (χ0v) is 20.5. The lowest BCUT2D eigenvalue weighted by Crippen LogP contribution is -2.46. The Morgan fingerprint density at radius 1 is 1.00 bits per heavy atom. The third-order valence-electron chi connectivity index (χ3n) is 6.70. The van der Waals surface area contributed by atoms with Gasteiger partial charge in [-0.3, -0.25) is 9.10 Å². The molecule has 2 aliphatic heterocycles. The van der Waals surface area contributed by atoms with E-state index in [1.165, 1.54) is 4.90 Å². The van der Waals surface area contributed by atoms with Crippen LogP contribution in [0.1, 0.15) is 36.3 Å². The number of aryl methyl sites for hydroxylation is 1. The molecule has 0 bridgehead atoms. The van der Waals surface area contributed by atoms with Gasteiger partial charge in [0.2, 0.25) is 5.91 Å². The van der Waals surface area contributed by atoms with Gasteiger partial charge in [-0.1, -0.05) is 12.1 Å². The number of nitrogens with zero attached hydrogens (tertiary/aromatic N) is 2. The maximum atomic E-state index is 13.6. The minimum atomic E-state index is -5.63. The highest BCUT2D eigenvalue weighted by atomic mass is 32.2. The van der Waals surface area contributed by atoms with E-state index in [1.54, 1.807) is 0 Å². The Kier molecular flexibility index (Phi) is 7.43. The van der Waals surface area contributed by atoms with Gasteiger partial charge < -0.3 is 10.0 Å². The molecule has 14 heteroatoms. The number of benzene rings is 2. The molecule has 2 aliphatic rings. The molecule has 0 saturated carbocycles. The lowest BCUT2D eigenvalue weighted by molar-refractivity contribution is -0.253. The summed E-state index contributed by atoms with van der Waals surface area (Å²) in [5.41, 5.74) is -1.30. The molecule has 2 unspecified atom stereocenters. The molecule has 38 heavy (non-hydrogen) atoms. The van der Waals surface area contributed by atoms with Crippen molar-refractivity contribution >= 4 is 21.6 Å². The van der Waals surface area contributed by atoms with Crippen LogP contribution in [0.4, 0.5) is 36.4 Å². The molecule has 1 N–H and O–H groups in total. The van der Waals surface area contributed by atoms with Crippen molar-refractivity contribution in [2.45, 2.75) is 61.0 Å². The van der Waals surface area contributed by atoms with Crippen LogP contribution >= 0.6 is 0 Å². The second-order valence-corrected chi connectivity index (χ2v) is 11.2. The first kappa shape index (κ1) is 28.1. The quantitative estimate of drug-likeness (QED) is 0.538. The number of hydrogen-bond acceptors (Lipinski definition) is 4. The number of rotatable bonds is 5. The van der Waals surface area contributed by atoms with Crippen molar-refractivity contribution in [1.82, 2.24) is 4.90 Å². The number of carbonyl (C=O) groups is 1. The summed E-state index contributed by atoms with van der Waals surface area (Å²) in [5, 5.41) is 9.73. The van der Waals surface area contributed by atoms with Crippen LogP contribution in [0.15, 0.2) is 47.4 Å². The SMILES string of the molecule is O=C(CC1CCc2cc(C(C(F)(F)F)C(F)(F)F)ccc2N1S(=O)(=O)c1ccc(F)cc1)N1CCC(O)C1. The Balaban J connectivity index is 1.77. The predicted octanol–water partition coefficient (Wildman–Crippen LogP) is 4.53. The summed E-state index contributed by atoms with van der Waals surface area (Å²) in [7, 11) is -4.51. The number of hydrogen-bond donors (Lipinski definition) is 1. The molecule has 2 atom stereocenters. The molecule has 2 heterocycles. The van der Waals surface area contributed by atoms with Gasteiger partial charge in [-0.05, 0) is 60.7 Å². The minimum Gasteiger partial charge on any atom is -0.391 e. The summed E-state index contributed by atoms with van der Waals surface area (Å²) in [6.45, 7) is 0.320. The van der Waals surface area contributed by atoms with Gasteiger partial charge in [0.1, 0.15) is 5.82 Å². The maximum Gasteiger partial charge on any atom is 0.404 e. The van der Waals surface area contributed by atoms with E-state index in [2.05, 4.69) is 0 Å². The number of carbonyl (C=O) groups excluding carboxylic acids is 1. The molecule has 2 aromatic carbocycles. The number of sulfonamides is 1. The average Bonchev–Trinajstić information content (AvgIpc) is 3.23. The first-order valence-corrected chi connectivity index (χ1v) is 13.0. The van der Waals surface area contributed by atoms with E-state index in [0.717, 1.165) is 34.6 Å². The molecule has 0 aromatic heterocycles. The van der Waals surface area contributed by atoms with E-state index in [-0.39, 0.29) is 48.5 Å². The van der Waals surface area contributed by atoms with Gasteiger partial charge in [-0.2, -0.15) is 26.3 Å². The van der Waals surface area contributed by atoms with E-state index in [4.69, 9.17) is 0 Å².